The van der Waals surface area contributed by atoms with Crippen LogP contribution < -0.4 is 25.8 Å². The lowest BCUT2D eigenvalue weighted by Crippen LogP contribution is -2.50. The Kier molecular flexibility index (Phi) is 25.1. The molecule has 0 spiro atoms. The van der Waals surface area contributed by atoms with Crippen LogP contribution in [0, 0.1) is 0 Å². The van der Waals surface area contributed by atoms with Gasteiger partial charge in [-0.2, -0.15) is 0 Å². The van der Waals surface area contributed by atoms with Gasteiger partial charge < -0.3 is 31.1 Å². The maximum atomic E-state index is 12.4. The van der Waals surface area contributed by atoms with Gasteiger partial charge in [-0.05, 0) is 79.6 Å². The number of nitrogens with one attached hydrogen (secondary N) is 3. The minimum atomic E-state index is -1.33. The first-order valence-electron chi connectivity index (χ1n) is 17.7. The Morgan fingerprint density at radius 3 is 2.08 bits per heavy atom. The maximum Gasteiger partial charge on any atom is 0.289 e. The third kappa shape index (κ3) is 20.6. The SMILES string of the molecule is CCCCN.CCc1ccccc1.COc1ccc(CCNC(=O)C(=O)CNC(=O)C2CCCN2C(=O)CNS(C)=O)cc1.OCc1ccc(Cl)cc1. The zero-order chi connectivity index (χ0) is 39.4. The van der Waals surface area contributed by atoms with Crippen LogP contribution in [0.4, 0.5) is 0 Å². The molecular weight excluding hydrogens is 718 g/mol. The summed E-state index contributed by atoms with van der Waals surface area (Å²) in [4.78, 5) is 50.0. The monoisotopic (exact) mass is 773 g/mol. The van der Waals surface area contributed by atoms with Gasteiger partial charge in [0, 0.05) is 24.4 Å². The number of nitrogens with zero attached hydrogens (tertiary/aromatic N) is 1. The summed E-state index contributed by atoms with van der Waals surface area (Å²) in [5.41, 5.74) is 8.42. The summed E-state index contributed by atoms with van der Waals surface area (Å²) < 4.78 is 18.7. The van der Waals surface area contributed by atoms with E-state index in [1.54, 1.807) is 31.4 Å². The third-order valence-corrected chi connectivity index (χ3v) is 8.54. The van der Waals surface area contributed by atoms with Crippen molar-refractivity contribution in [3.8, 4) is 5.75 Å². The summed E-state index contributed by atoms with van der Waals surface area (Å²) in [5, 5.41) is 14.3. The molecule has 3 aromatic rings. The van der Waals surface area contributed by atoms with E-state index in [2.05, 4.69) is 53.5 Å². The van der Waals surface area contributed by atoms with Gasteiger partial charge in [-0.15, -0.1) is 0 Å². The molecule has 3 aromatic carbocycles. The van der Waals surface area contributed by atoms with Gasteiger partial charge in [-0.1, -0.05) is 86.5 Å². The van der Waals surface area contributed by atoms with E-state index in [0.717, 1.165) is 29.8 Å². The van der Waals surface area contributed by atoms with Crippen molar-refractivity contribution >= 4 is 46.1 Å². The highest BCUT2D eigenvalue weighted by Gasteiger charge is 2.34. The standard InChI is InChI=1S/C20H28N4O6S.C8H10.C7H7ClO.C4H11N/c1-30-15-7-5-14(6-8-15)9-10-21-20(28)17(25)12-22-19(27)16-4-3-11-24(16)18(26)13-23-31(2)29;1-2-8-6-4-3-5-7-8;8-7-3-1-6(5-9)2-4-7;1-2-3-4-5/h5-8,16,23H,3-4,9-13H2,1-2H3,(H,21,28)(H,22,27);3-7H,2H2,1H3;1-4,9H,5H2;2-5H2,1H3. The number of ether oxygens (including phenoxy) is 1. The fourth-order valence-corrected chi connectivity index (χ4v) is 5.14. The molecule has 12 nitrogen and oxygen atoms in total. The van der Waals surface area contributed by atoms with E-state index < -0.39 is 41.2 Å². The van der Waals surface area contributed by atoms with E-state index >= 15 is 0 Å². The Bertz CT molecular complexity index is 1510. The Hall–Kier alpha value is -4.14. The number of unbranched alkanes of at least 4 members (excludes halogenated alkanes) is 1. The summed E-state index contributed by atoms with van der Waals surface area (Å²) in [5.74, 6) is -1.62. The number of carbonyl (C=O) groups is 4. The number of aliphatic hydroxyl groups excluding tert-OH is 1. The number of benzene rings is 3. The molecule has 14 heteroatoms. The van der Waals surface area contributed by atoms with Gasteiger partial charge in [-0.3, -0.25) is 19.2 Å². The van der Waals surface area contributed by atoms with Crippen molar-refractivity contribution in [3.63, 3.8) is 0 Å². The number of ketones is 1. The lowest BCUT2D eigenvalue weighted by Gasteiger charge is -2.23. The highest BCUT2D eigenvalue weighted by atomic mass is 35.5. The van der Waals surface area contributed by atoms with Gasteiger partial charge in [0.25, 0.3) is 5.91 Å². The maximum absolute atomic E-state index is 12.4. The van der Waals surface area contributed by atoms with E-state index in [-0.39, 0.29) is 25.6 Å². The first-order valence-corrected chi connectivity index (χ1v) is 19.6. The largest absolute Gasteiger partial charge is 0.497 e. The van der Waals surface area contributed by atoms with Gasteiger partial charge >= 0.3 is 0 Å². The van der Waals surface area contributed by atoms with Crippen LogP contribution in [0.25, 0.3) is 0 Å². The first kappa shape index (κ1) is 46.9. The van der Waals surface area contributed by atoms with Crippen LogP contribution in [-0.2, 0) is 49.6 Å². The number of halogens is 1. The predicted molar refractivity (Wildman–Crippen MR) is 212 cm³/mol. The molecule has 4 rings (SSSR count). The summed E-state index contributed by atoms with van der Waals surface area (Å²) in [6, 6.07) is 24.2. The molecule has 0 saturated carbocycles. The highest BCUT2D eigenvalue weighted by Crippen LogP contribution is 2.17. The second-order valence-electron chi connectivity index (χ2n) is 11.8. The molecule has 1 heterocycles. The quantitative estimate of drug-likeness (QED) is 0.145. The number of amides is 3. The Labute approximate surface area is 321 Å². The number of likely N-dealkylation sites (tertiary alicyclic amines) is 1. The fraction of sp³-hybridized carbons (Fsp3) is 0.436. The number of hydrogen-bond donors (Lipinski definition) is 5. The molecular formula is C39H56ClN5O7S. The van der Waals surface area contributed by atoms with Crippen molar-refractivity contribution in [1.29, 1.82) is 0 Å². The van der Waals surface area contributed by atoms with Gasteiger partial charge in [0.1, 0.15) is 11.8 Å². The molecule has 0 radical (unpaired) electrons. The number of aliphatic hydroxyl groups is 1. The number of hydrogen-bond acceptors (Lipinski definition) is 8. The topological polar surface area (TPSA) is 180 Å². The summed E-state index contributed by atoms with van der Waals surface area (Å²) in [7, 11) is 0.245. The summed E-state index contributed by atoms with van der Waals surface area (Å²) in [6.07, 6.45) is 6.60. The third-order valence-electron chi connectivity index (χ3n) is 7.74. The van der Waals surface area contributed by atoms with Crippen LogP contribution in [0.15, 0.2) is 78.9 Å². The molecule has 3 amide bonds. The molecule has 292 valence electrons. The molecule has 2 unspecified atom stereocenters. The molecule has 1 aliphatic heterocycles. The highest BCUT2D eigenvalue weighted by molar-refractivity contribution is 7.82. The van der Waals surface area contributed by atoms with Gasteiger partial charge in [0.2, 0.25) is 17.6 Å². The average molecular weight is 774 g/mol. The predicted octanol–water partition coefficient (Wildman–Crippen LogP) is 3.74. The van der Waals surface area contributed by atoms with E-state index in [9.17, 15) is 23.4 Å². The molecule has 1 aliphatic rings. The van der Waals surface area contributed by atoms with E-state index in [1.165, 1.54) is 29.6 Å². The second-order valence-corrected chi connectivity index (χ2v) is 13.4. The van der Waals surface area contributed by atoms with Crippen LogP contribution in [0.3, 0.4) is 0 Å². The van der Waals surface area contributed by atoms with Crippen LogP contribution in [-0.4, -0.2) is 89.9 Å². The summed E-state index contributed by atoms with van der Waals surface area (Å²) in [6.45, 7) is 5.33. The van der Waals surface area contributed by atoms with Crippen molar-refractivity contribution in [2.45, 2.75) is 65.0 Å². The van der Waals surface area contributed by atoms with Crippen molar-refractivity contribution in [1.82, 2.24) is 20.3 Å². The zero-order valence-electron chi connectivity index (χ0n) is 31.3. The smallest absolute Gasteiger partial charge is 0.289 e. The fourth-order valence-electron chi connectivity index (χ4n) is 4.69. The number of aryl methyl sites for hydroxylation is 1. The lowest BCUT2D eigenvalue weighted by atomic mass is 10.1. The van der Waals surface area contributed by atoms with Crippen LogP contribution >= 0.6 is 11.6 Å². The number of Topliss-reactive ketones (excluding diaryl/α,β-unsaturated/α-hetero) is 1. The second kappa shape index (κ2) is 28.4. The number of carbonyl (C=O) groups excluding carboxylic acids is 4. The van der Waals surface area contributed by atoms with Crippen molar-refractivity contribution in [3.05, 3.63) is 101 Å². The number of rotatable bonds is 15. The molecule has 0 aromatic heterocycles. The van der Waals surface area contributed by atoms with Crippen molar-refractivity contribution in [2.24, 2.45) is 5.73 Å². The molecule has 1 saturated heterocycles. The summed E-state index contributed by atoms with van der Waals surface area (Å²) >= 11 is 5.59. The Morgan fingerprint density at radius 2 is 1.57 bits per heavy atom. The minimum Gasteiger partial charge on any atom is -0.497 e. The Morgan fingerprint density at radius 1 is 0.925 bits per heavy atom. The minimum absolute atomic E-state index is 0.0805. The molecule has 6 N–H and O–H groups in total. The molecule has 53 heavy (non-hydrogen) atoms. The van der Waals surface area contributed by atoms with E-state index in [4.69, 9.17) is 27.2 Å². The number of methoxy groups -OCH3 is 1. The Balaban J connectivity index is 0.000000509. The van der Waals surface area contributed by atoms with Gasteiger partial charge in [0.05, 0.1) is 37.8 Å². The normalized spacial score (nSPS) is 13.4. The lowest BCUT2D eigenvalue weighted by molar-refractivity contribution is -0.140. The van der Waals surface area contributed by atoms with E-state index in [1.807, 2.05) is 30.3 Å². The molecule has 0 aliphatic carbocycles. The van der Waals surface area contributed by atoms with Crippen molar-refractivity contribution < 1.29 is 33.2 Å². The van der Waals surface area contributed by atoms with E-state index in [0.29, 0.717) is 30.8 Å². The van der Waals surface area contributed by atoms with Crippen molar-refractivity contribution in [2.75, 3.05) is 46.1 Å². The van der Waals surface area contributed by atoms with Gasteiger partial charge in [-0.25, -0.2) is 8.93 Å². The number of nitrogens with two attached hydrogens (primary N) is 1. The zero-order valence-corrected chi connectivity index (χ0v) is 32.8. The van der Waals surface area contributed by atoms with Crippen LogP contribution in [0.1, 0.15) is 56.2 Å². The van der Waals surface area contributed by atoms with Crippen LogP contribution in [0.5, 0.6) is 5.75 Å². The van der Waals surface area contributed by atoms with Gasteiger partial charge in [0.15, 0.2) is 0 Å². The first-order chi connectivity index (χ1) is 25.5. The van der Waals surface area contributed by atoms with Crippen LogP contribution in [0.2, 0.25) is 5.02 Å². The molecule has 2 atom stereocenters. The average Bonchev–Trinajstić information content (AvgIpc) is 3.68. The molecule has 0 bridgehead atoms. The molecule has 1 fully saturated rings.